The van der Waals surface area contributed by atoms with E-state index in [2.05, 4.69) is 17.6 Å². The molecule has 1 saturated carbocycles. The van der Waals surface area contributed by atoms with Gasteiger partial charge in [-0.15, -0.1) is 0 Å². The Bertz CT molecular complexity index is 342. The van der Waals surface area contributed by atoms with Crippen LogP contribution in [0.2, 0.25) is 0 Å². The quantitative estimate of drug-likeness (QED) is 0.767. The molecule has 1 rings (SSSR count). The van der Waals surface area contributed by atoms with Crippen LogP contribution in [0.25, 0.3) is 0 Å². The molecule has 1 aliphatic rings. The SMILES string of the molecule is CC1CCC(NC(=O)CCCNC(=O)OC(C)(C)C)CC1. The Hall–Kier alpha value is -1.26. The smallest absolute Gasteiger partial charge is 0.407 e. The van der Waals surface area contributed by atoms with Gasteiger partial charge in [0.25, 0.3) is 0 Å². The summed E-state index contributed by atoms with van der Waals surface area (Å²) in [6.07, 6.45) is 5.22. The number of carbonyl (C=O) groups is 2. The average molecular weight is 298 g/mol. The van der Waals surface area contributed by atoms with Gasteiger partial charge in [0, 0.05) is 19.0 Å². The number of ether oxygens (including phenoxy) is 1. The highest BCUT2D eigenvalue weighted by Gasteiger charge is 2.19. The average Bonchev–Trinajstić information content (AvgIpc) is 2.35. The van der Waals surface area contributed by atoms with E-state index in [-0.39, 0.29) is 5.91 Å². The van der Waals surface area contributed by atoms with Gasteiger partial charge in [0.1, 0.15) is 5.60 Å². The Morgan fingerprint density at radius 1 is 1.14 bits per heavy atom. The van der Waals surface area contributed by atoms with Crippen molar-refractivity contribution < 1.29 is 14.3 Å². The lowest BCUT2D eigenvalue weighted by Crippen LogP contribution is -2.38. The summed E-state index contributed by atoms with van der Waals surface area (Å²) in [5.41, 5.74) is -0.487. The number of hydrogen-bond donors (Lipinski definition) is 2. The number of hydrogen-bond acceptors (Lipinski definition) is 3. The van der Waals surface area contributed by atoms with Gasteiger partial charge in [-0.05, 0) is 58.8 Å². The summed E-state index contributed by atoms with van der Waals surface area (Å²) in [7, 11) is 0. The molecule has 1 aliphatic carbocycles. The molecule has 0 aromatic carbocycles. The third-order valence-corrected chi connectivity index (χ3v) is 3.63. The fourth-order valence-corrected chi connectivity index (χ4v) is 2.46. The van der Waals surface area contributed by atoms with E-state index in [1.54, 1.807) is 0 Å². The van der Waals surface area contributed by atoms with Crippen LogP contribution in [0, 0.1) is 5.92 Å². The monoisotopic (exact) mass is 298 g/mol. The predicted octanol–water partition coefficient (Wildman–Crippen LogP) is 2.99. The molecule has 122 valence electrons. The van der Waals surface area contributed by atoms with Gasteiger partial charge < -0.3 is 15.4 Å². The molecule has 0 atom stereocenters. The highest BCUT2D eigenvalue weighted by atomic mass is 16.6. The van der Waals surface area contributed by atoms with Gasteiger partial charge >= 0.3 is 6.09 Å². The number of nitrogens with one attached hydrogen (secondary N) is 2. The molecule has 0 aromatic heterocycles. The summed E-state index contributed by atoms with van der Waals surface area (Å²) < 4.78 is 5.13. The Morgan fingerprint density at radius 3 is 2.33 bits per heavy atom. The lowest BCUT2D eigenvalue weighted by Gasteiger charge is -2.26. The molecule has 2 amide bonds. The maximum Gasteiger partial charge on any atom is 0.407 e. The lowest BCUT2D eigenvalue weighted by atomic mass is 9.87. The number of alkyl carbamates (subject to hydrolysis) is 1. The van der Waals surface area contributed by atoms with Gasteiger partial charge in [-0.3, -0.25) is 4.79 Å². The summed E-state index contributed by atoms with van der Waals surface area (Å²) in [5.74, 6) is 0.872. The normalized spacial score (nSPS) is 22.5. The van der Waals surface area contributed by atoms with E-state index in [4.69, 9.17) is 4.74 Å². The minimum Gasteiger partial charge on any atom is -0.444 e. The van der Waals surface area contributed by atoms with E-state index in [1.165, 1.54) is 12.8 Å². The maximum atomic E-state index is 11.8. The van der Waals surface area contributed by atoms with E-state index in [0.717, 1.165) is 18.8 Å². The summed E-state index contributed by atoms with van der Waals surface area (Å²) in [4.78, 5) is 23.2. The van der Waals surface area contributed by atoms with Crippen molar-refractivity contribution in [2.45, 2.75) is 77.9 Å². The zero-order valence-corrected chi connectivity index (χ0v) is 13.8. The Balaban J connectivity index is 2.07. The fraction of sp³-hybridized carbons (Fsp3) is 0.875. The van der Waals surface area contributed by atoms with E-state index >= 15 is 0 Å². The van der Waals surface area contributed by atoms with E-state index < -0.39 is 11.7 Å². The van der Waals surface area contributed by atoms with Crippen molar-refractivity contribution in [2.75, 3.05) is 6.54 Å². The molecule has 0 aliphatic heterocycles. The maximum absolute atomic E-state index is 11.8. The third kappa shape index (κ3) is 8.58. The van der Waals surface area contributed by atoms with Crippen LogP contribution < -0.4 is 10.6 Å². The van der Waals surface area contributed by atoms with Gasteiger partial charge in [-0.1, -0.05) is 6.92 Å². The predicted molar refractivity (Wildman–Crippen MR) is 83.0 cm³/mol. The number of rotatable bonds is 5. The van der Waals surface area contributed by atoms with Gasteiger partial charge in [-0.25, -0.2) is 4.79 Å². The van der Waals surface area contributed by atoms with Crippen molar-refractivity contribution in [1.29, 1.82) is 0 Å². The Kier molecular flexibility index (Phi) is 6.99. The number of carbonyl (C=O) groups excluding carboxylic acids is 2. The van der Waals surface area contributed by atoms with Gasteiger partial charge in [0.05, 0.1) is 0 Å². The Labute approximate surface area is 128 Å². The first kappa shape index (κ1) is 17.8. The molecular weight excluding hydrogens is 268 g/mol. The van der Waals surface area contributed by atoms with Crippen LogP contribution in [0.3, 0.4) is 0 Å². The van der Waals surface area contributed by atoms with Crippen molar-refractivity contribution in [3.05, 3.63) is 0 Å². The van der Waals surface area contributed by atoms with Crippen molar-refractivity contribution in [2.24, 2.45) is 5.92 Å². The van der Waals surface area contributed by atoms with Gasteiger partial charge in [-0.2, -0.15) is 0 Å². The molecule has 5 heteroatoms. The highest BCUT2D eigenvalue weighted by Crippen LogP contribution is 2.23. The minimum absolute atomic E-state index is 0.0838. The van der Waals surface area contributed by atoms with Crippen LogP contribution in [0.1, 0.15) is 66.2 Å². The molecular formula is C16H30N2O3. The van der Waals surface area contributed by atoms with Crippen molar-refractivity contribution in [3.8, 4) is 0 Å². The summed E-state index contributed by atoms with van der Waals surface area (Å²) in [6, 6.07) is 0.340. The molecule has 0 spiro atoms. The largest absolute Gasteiger partial charge is 0.444 e. The van der Waals surface area contributed by atoms with E-state index in [9.17, 15) is 9.59 Å². The van der Waals surface area contributed by atoms with Crippen LogP contribution in [-0.4, -0.2) is 30.2 Å². The van der Waals surface area contributed by atoms with E-state index in [0.29, 0.717) is 25.4 Å². The van der Waals surface area contributed by atoms with E-state index in [1.807, 2.05) is 20.8 Å². The summed E-state index contributed by atoms with van der Waals surface area (Å²) in [5, 5.41) is 5.75. The molecule has 1 fully saturated rings. The first-order valence-corrected chi connectivity index (χ1v) is 8.02. The second kappa shape index (κ2) is 8.25. The third-order valence-electron chi connectivity index (χ3n) is 3.63. The molecule has 21 heavy (non-hydrogen) atoms. The van der Waals surface area contributed by atoms with Crippen LogP contribution in [0.4, 0.5) is 4.79 Å². The molecule has 0 heterocycles. The van der Waals surface area contributed by atoms with Crippen LogP contribution in [-0.2, 0) is 9.53 Å². The highest BCUT2D eigenvalue weighted by molar-refractivity contribution is 5.76. The first-order chi connectivity index (χ1) is 9.76. The Morgan fingerprint density at radius 2 is 1.76 bits per heavy atom. The topological polar surface area (TPSA) is 67.4 Å². The van der Waals surface area contributed by atoms with Crippen LogP contribution in [0.5, 0.6) is 0 Å². The molecule has 0 bridgehead atoms. The van der Waals surface area contributed by atoms with Crippen LogP contribution in [0.15, 0.2) is 0 Å². The molecule has 0 radical (unpaired) electrons. The lowest BCUT2D eigenvalue weighted by molar-refractivity contribution is -0.122. The summed E-state index contributed by atoms with van der Waals surface area (Å²) >= 11 is 0. The molecule has 2 N–H and O–H groups in total. The zero-order valence-electron chi connectivity index (χ0n) is 13.8. The molecule has 0 saturated heterocycles. The molecule has 5 nitrogen and oxygen atoms in total. The summed E-state index contributed by atoms with van der Waals surface area (Å²) in [6.45, 7) is 8.20. The van der Waals surface area contributed by atoms with Gasteiger partial charge in [0.2, 0.25) is 5.91 Å². The van der Waals surface area contributed by atoms with Crippen molar-refractivity contribution in [1.82, 2.24) is 10.6 Å². The van der Waals surface area contributed by atoms with Crippen LogP contribution >= 0.6 is 0 Å². The minimum atomic E-state index is -0.487. The molecule has 0 aromatic rings. The van der Waals surface area contributed by atoms with Gasteiger partial charge in [0.15, 0.2) is 0 Å². The second-order valence-electron chi connectivity index (χ2n) is 7.06. The number of amides is 2. The fourth-order valence-electron chi connectivity index (χ4n) is 2.46. The van der Waals surface area contributed by atoms with Crippen molar-refractivity contribution >= 4 is 12.0 Å². The van der Waals surface area contributed by atoms with Crippen molar-refractivity contribution in [3.63, 3.8) is 0 Å². The standard InChI is InChI=1S/C16H30N2O3/c1-12-7-9-13(10-8-12)18-14(19)6-5-11-17-15(20)21-16(2,3)4/h12-13H,5-11H2,1-4H3,(H,17,20)(H,18,19). The first-order valence-electron chi connectivity index (χ1n) is 8.02. The second-order valence-corrected chi connectivity index (χ2v) is 7.06. The molecule has 0 unspecified atom stereocenters. The zero-order chi connectivity index (χ0) is 15.9.